The molecule has 0 aliphatic carbocycles. The average molecular weight is 559 g/mol. The SMILES string of the molecule is CC(Oc1ccc2ccccc2c1)C(=O)NN=Cc1ccc(OC(=O)c2ccccc2)cc1OC(=O)c1ccccc1. The summed E-state index contributed by atoms with van der Waals surface area (Å²) in [4.78, 5) is 38.0. The van der Waals surface area contributed by atoms with Gasteiger partial charge in [0.05, 0.1) is 17.3 Å². The van der Waals surface area contributed by atoms with Crippen molar-refractivity contribution in [3.05, 3.63) is 138 Å². The molecule has 5 aromatic carbocycles. The Morgan fingerprint density at radius 3 is 1.95 bits per heavy atom. The minimum absolute atomic E-state index is 0.0840. The van der Waals surface area contributed by atoms with Crippen molar-refractivity contribution >= 4 is 34.8 Å². The molecule has 0 radical (unpaired) electrons. The van der Waals surface area contributed by atoms with Crippen LogP contribution in [0, 0.1) is 0 Å². The average Bonchev–Trinajstić information content (AvgIpc) is 3.02. The molecule has 8 nitrogen and oxygen atoms in total. The first-order valence-corrected chi connectivity index (χ1v) is 13.1. The Hall–Kier alpha value is -5.76. The van der Waals surface area contributed by atoms with Gasteiger partial charge >= 0.3 is 11.9 Å². The highest BCUT2D eigenvalue weighted by Gasteiger charge is 2.16. The number of carbonyl (C=O) groups is 3. The van der Waals surface area contributed by atoms with Crippen LogP contribution in [0.5, 0.6) is 17.2 Å². The van der Waals surface area contributed by atoms with Crippen molar-refractivity contribution in [3.63, 3.8) is 0 Å². The summed E-state index contributed by atoms with van der Waals surface area (Å²) in [5, 5.41) is 6.09. The summed E-state index contributed by atoms with van der Waals surface area (Å²) in [6, 6.07) is 34.9. The maximum atomic E-state index is 12.8. The third kappa shape index (κ3) is 7.05. The summed E-state index contributed by atoms with van der Waals surface area (Å²) < 4.78 is 16.9. The number of rotatable bonds is 9. The monoisotopic (exact) mass is 558 g/mol. The van der Waals surface area contributed by atoms with Gasteiger partial charge < -0.3 is 14.2 Å². The van der Waals surface area contributed by atoms with E-state index < -0.39 is 23.9 Å². The van der Waals surface area contributed by atoms with Crippen LogP contribution in [-0.2, 0) is 4.79 Å². The van der Waals surface area contributed by atoms with Gasteiger partial charge in [-0.2, -0.15) is 5.10 Å². The second-order valence-corrected chi connectivity index (χ2v) is 9.21. The van der Waals surface area contributed by atoms with Crippen LogP contribution in [0.25, 0.3) is 10.8 Å². The quantitative estimate of drug-likeness (QED) is 0.100. The predicted octanol–water partition coefficient (Wildman–Crippen LogP) is 6.20. The van der Waals surface area contributed by atoms with E-state index >= 15 is 0 Å². The number of hydrazone groups is 1. The van der Waals surface area contributed by atoms with Crippen molar-refractivity contribution in [2.45, 2.75) is 13.0 Å². The highest BCUT2D eigenvalue weighted by Crippen LogP contribution is 2.26. The fourth-order valence-corrected chi connectivity index (χ4v) is 4.00. The van der Waals surface area contributed by atoms with Gasteiger partial charge in [0.2, 0.25) is 0 Å². The lowest BCUT2D eigenvalue weighted by Gasteiger charge is -2.13. The zero-order valence-corrected chi connectivity index (χ0v) is 22.6. The molecule has 0 aliphatic rings. The van der Waals surface area contributed by atoms with Crippen molar-refractivity contribution in [2.75, 3.05) is 0 Å². The summed E-state index contributed by atoms with van der Waals surface area (Å²) >= 11 is 0. The van der Waals surface area contributed by atoms with Crippen LogP contribution in [-0.4, -0.2) is 30.2 Å². The Bertz CT molecular complexity index is 1750. The fourth-order valence-electron chi connectivity index (χ4n) is 4.00. The highest BCUT2D eigenvalue weighted by atomic mass is 16.5. The number of hydrogen-bond donors (Lipinski definition) is 1. The standard InChI is InChI=1S/C34H26N2O6/c1-23(40-29-18-16-24-10-8-9-15-27(24)20-29)32(37)36-35-22-28-17-19-30(41-33(38)25-11-4-2-5-12-25)21-31(28)42-34(39)26-13-6-3-7-14-26/h2-23H,1H3,(H,36,37). The molecule has 0 fully saturated rings. The molecular formula is C34H26N2O6. The first-order chi connectivity index (χ1) is 20.5. The molecule has 1 amide bonds. The minimum Gasteiger partial charge on any atom is -0.481 e. The number of nitrogens with one attached hydrogen (secondary N) is 1. The summed E-state index contributed by atoms with van der Waals surface area (Å²) in [5.41, 5.74) is 3.51. The Balaban J connectivity index is 1.29. The number of benzene rings is 5. The number of fused-ring (bicyclic) bond motifs is 1. The van der Waals surface area contributed by atoms with Gasteiger partial charge in [0.25, 0.3) is 5.91 Å². The molecule has 8 heteroatoms. The van der Waals surface area contributed by atoms with Crippen molar-refractivity contribution in [1.82, 2.24) is 5.43 Å². The number of esters is 2. The van der Waals surface area contributed by atoms with Crippen molar-refractivity contribution in [1.29, 1.82) is 0 Å². The summed E-state index contributed by atoms with van der Waals surface area (Å²) in [6.45, 7) is 1.61. The molecule has 42 heavy (non-hydrogen) atoms. The van der Waals surface area contributed by atoms with Crippen LogP contribution in [0.15, 0.2) is 126 Å². The number of amides is 1. The van der Waals surface area contributed by atoms with E-state index in [1.165, 1.54) is 18.3 Å². The largest absolute Gasteiger partial charge is 0.481 e. The van der Waals surface area contributed by atoms with Gasteiger partial charge in [0.1, 0.15) is 17.2 Å². The number of nitrogens with zero attached hydrogens (tertiary/aromatic N) is 1. The Kier molecular flexibility index (Phi) is 8.64. The van der Waals surface area contributed by atoms with Gasteiger partial charge in [0, 0.05) is 11.6 Å². The molecule has 0 saturated heterocycles. The lowest BCUT2D eigenvalue weighted by molar-refractivity contribution is -0.127. The van der Waals surface area contributed by atoms with E-state index in [1.54, 1.807) is 79.7 Å². The van der Waals surface area contributed by atoms with Crippen molar-refractivity contribution < 1.29 is 28.6 Å². The maximum Gasteiger partial charge on any atom is 0.343 e. The van der Waals surface area contributed by atoms with E-state index in [-0.39, 0.29) is 11.5 Å². The van der Waals surface area contributed by atoms with Crippen LogP contribution in [0.1, 0.15) is 33.2 Å². The molecule has 1 atom stereocenters. The topological polar surface area (TPSA) is 103 Å². The van der Waals surface area contributed by atoms with Gasteiger partial charge in [-0.3, -0.25) is 4.79 Å². The Morgan fingerprint density at radius 1 is 0.667 bits per heavy atom. The van der Waals surface area contributed by atoms with Gasteiger partial charge in [-0.15, -0.1) is 0 Å². The van der Waals surface area contributed by atoms with E-state index in [0.717, 1.165) is 10.8 Å². The molecule has 0 heterocycles. The van der Waals surface area contributed by atoms with Crippen molar-refractivity contribution in [2.24, 2.45) is 5.10 Å². The minimum atomic E-state index is -0.835. The van der Waals surface area contributed by atoms with Crippen LogP contribution in [0.2, 0.25) is 0 Å². The third-order valence-electron chi connectivity index (χ3n) is 6.20. The Morgan fingerprint density at radius 2 is 1.26 bits per heavy atom. The lowest BCUT2D eigenvalue weighted by Crippen LogP contribution is -2.33. The van der Waals surface area contributed by atoms with E-state index in [2.05, 4.69) is 10.5 Å². The van der Waals surface area contributed by atoms with Gasteiger partial charge in [-0.25, -0.2) is 15.0 Å². The molecule has 0 aliphatic heterocycles. The maximum absolute atomic E-state index is 12.8. The fraction of sp³-hybridized carbons (Fsp3) is 0.0588. The predicted molar refractivity (Wildman–Crippen MR) is 159 cm³/mol. The smallest absolute Gasteiger partial charge is 0.343 e. The molecule has 0 saturated carbocycles. The molecule has 0 spiro atoms. The normalized spacial score (nSPS) is 11.5. The number of ether oxygens (including phenoxy) is 3. The summed E-state index contributed by atoms with van der Waals surface area (Å²) in [6.07, 6.45) is 0.496. The molecule has 1 N–H and O–H groups in total. The van der Waals surface area contributed by atoms with E-state index in [1.807, 2.05) is 36.4 Å². The molecule has 1 unspecified atom stereocenters. The van der Waals surface area contributed by atoms with E-state index in [9.17, 15) is 14.4 Å². The van der Waals surface area contributed by atoms with Gasteiger partial charge in [0.15, 0.2) is 6.10 Å². The highest BCUT2D eigenvalue weighted by molar-refractivity contribution is 5.94. The molecule has 0 bridgehead atoms. The van der Waals surface area contributed by atoms with Crippen LogP contribution in [0.3, 0.4) is 0 Å². The summed E-state index contributed by atoms with van der Waals surface area (Å²) in [5.74, 6) is -0.853. The van der Waals surface area contributed by atoms with Crippen molar-refractivity contribution in [3.8, 4) is 17.2 Å². The van der Waals surface area contributed by atoms with Crippen LogP contribution in [0.4, 0.5) is 0 Å². The second-order valence-electron chi connectivity index (χ2n) is 9.21. The first-order valence-electron chi connectivity index (χ1n) is 13.1. The number of carbonyl (C=O) groups excluding carboxylic acids is 3. The van der Waals surface area contributed by atoms with E-state index in [0.29, 0.717) is 22.4 Å². The third-order valence-corrected chi connectivity index (χ3v) is 6.20. The molecule has 5 rings (SSSR count). The van der Waals surface area contributed by atoms with E-state index in [4.69, 9.17) is 14.2 Å². The molecule has 0 aromatic heterocycles. The summed E-state index contributed by atoms with van der Waals surface area (Å²) in [7, 11) is 0. The second kappa shape index (κ2) is 13.1. The molecule has 5 aromatic rings. The molecular weight excluding hydrogens is 532 g/mol. The molecule has 208 valence electrons. The van der Waals surface area contributed by atoms with Gasteiger partial charge in [-0.05, 0) is 66.2 Å². The zero-order valence-electron chi connectivity index (χ0n) is 22.6. The van der Waals surface area contributed by atoms with Crippen LogP contribution >= 0.6 is 0 Å². The number of hydrogen-bond acceptors (Lipinski definition) is 7. The van der Waals surface area contributed by atoms with Gasteiger partial charge in [-0.1, -0.05) is 66.7 Å². The Labute approximate surface area is 242 Å². The van der Waals surface area contributed by atoms with Crippen LogP contribution < -0.4 is 19.6 Å². The zero-order chi connectivity index (χ0) is 29.3. The lowest BCUT2D eigenvalue weighted by atomic mass is 10.1. The first kappa shape index (κ1) is 27.8.